The lowest BCUT2D eigenvalue weighted by atomic mass is 10.0. The van der Waals surface area contributed by atoms with Crippen molar-refractivity contribution in [3.63, 3.8) is 0 Å². The highest BCUT2D eigenvalue weighted by molar-refractivity contribution is 5.70. The number of hydrogen-bond acceptors (Lipinski definition) is 5. The maximum atomic E-state index is 12.2. The molecule has 0 aliphatic rings. The molecule has 51 heavy (non-hydrogen) atoms. The molecule has 0 heterocycles. The topological polar surface area (TPSA) is 72.8 Å². The number of carbonyl (C=O) groups is 2. The number of allylic oxidation sites excluding steroid dienone is 6. The minimum atomic E-state index is -0.768. The van der Waals surface area contributed by atoms with Crippen LogP contribution in [0.4, 0.5) is 0 Å². The molecule has 0 aliphatic heterocycles. The van der Waals surface area contributed by atoms with Gasteiger partial charge in [-0.05, 0) is 51.4 Å². The van der Waals surface area contributed by atoms with E-state index in [0.29, 0.717) is 12.8 Å². The zero-order chi connectivity index (χ0) is 37.1. The molecule has 0 spiro atoms. The highest BCUT2D eigenvalue weighted by Gasteiger charge is 2.16. The van der Waals surface area contributed by atoms with Crippen LogP contribution >= 0.6 is 0 Å². The van der Waals surface area contributed by atoms with Crippen LogP contribution < -0.4 is 0 Å². The Labute approximate surface area is 316 Å². The number of esters is 2. The van der Waals surface area contributed by atoms with Crippen LogP contribution in [0, 0.1) is 0 Å². The molecular formula is C46H84O5. The van der Waals surface area contributed by atoms with Crippen molar-refractivity contribution >= 4 is 11.9 Å². The first-order valence-corrected chi connectivity index (χ1v) is 22.0. The normalized spacial score (nSPS) is 12.5. The van der Waals surface area contributed by atoms with E-state index in [1.54, 1.807) is 0 Å². The van der Waals surface area contributed by atoms with Gasteiger partial charge in [-0.3, -0.25) is 9.59 Å². The quantitative estimate of drug-likeness (QED) is 0.0388. The van der Waals surface area contributed by atoms with Crippen LogP contribution in [0.3, 0.4) is 0 Å². The smallest absolute Gasteiger partial charge is 0.306 e. The van der Waals surface area contributed by atoms with Crippen molar-refractivity contribution in [2.45, 2.75) is 232 Å². The fraction of sp³-hybridized carbons (Fsp3) is 0.826. The standard InChI is InChI=1S/C46H84O5/c1-3-5-7-9-11-13-15-16-17-18-19-20-21-22-23-24-25-26-27-28-29-30-31-33-35-37-39-41-46(49)51-44(42-47)43-50-45(48)40-38-36-34-32-14-12-10-8-6-4-2/h15-16,18-19,21-22,44,47H,3-14,17,20,23-43H2,1-2H3/b16-15-,19-18-,22-21-. The third-order valence-electron chi connectivity index (χ3n) is 9.69. The molecule has 5 nitrogen and oxygen atoms in total. The lowest BCUT2D eigenvalue weighted by Gasteiger charge is -2.15. The Hall–Kier alpha value is -1.88. The molecule has 0 bridgehead atoms. The molecule has 0 rings (SSSR count). The summed E-state index contributed by atoms with van der Waals surface area (Å²) in [5, 5.41) is 9.55. The van der Waals surface area contributed by atoms with Gasteiger partial charge in [-0.25, -0.2) is 0 Å². The van der Waals surface area contributed by atoms with Crippen molar-refractivity contribution in [2.75, 3.05) is 13.2 Å². The maximum Gasteiger partial charge on any atom is 0.306 e. The summed E-state index contributed by atoms with van der Waals surface area (Å²) in [5.74, 6) is -0.588. The molecule has 0 radical (unpaired) electrons. The summed E-state index contributed by atoms with van der Waals surface area (Å²) in [7, 11) is 0. The minimum Gasteiger partial charge on any atom is -0.462 e. The Morgan fingerprint density at radius 1 is 0.451 bits per heavy atom. The maximum absolute atomic E-state index is 12.2. The summed E-state index contributed by atoms with van der Waals surface area (Å²) in [6, 6.07) is 0. The summed E-state index contributed by atoms with van der Waals surface area (Å²) in [6.45, 7) is 4.12. The van der Waals surface area contributed by atoms with Crippen LogP contribution in [0.2, 0.25) is 0 Å². The monoisotopic (exact) mass is 717 g/mol. The number of ether oxygens (including phenoxy) is 2. The second kappa shape index (κ2) is 42.5. The van der Waals surface area contributed by atoms with Gasteiger partial charge in [0, 0.05) is 12.8 Å². The fourth-order valence-electron chi connectivity index (χ4n) is 6.33. The van der Waals surface area contributed by atoms with Gasteiger partial charge in [0.2, 0.25) is 0 Å². The summed E-state index contributed by atoms with van der Waals surface area (Å²) in [6.07, 6.45) is 52.3. The lowest BCUT2D eigenvalue weighted by Crippen LogP contribution is -2.28. The molecule has 0 aromatic carbocycles. The van der Waals surface area contributed by atoms with E-state index in [0.717, 1.165) is 51.4 Å². The predicted octanol–water partition coefficient (Wildman–Crippen LogP) is 14.0. The van der Waals surface area contributed by atoms with Crippen molar-refractivity contribution in [1.82, 2.24) is 0 Å². The zero-order valence-electron chi connectivity index (χ0n) is 33.9. The van der Waals surface area contributed by atoms with Crippen LogP contribution in [0.1, 0.15) is 226 Å². The van der Waals surface area contributed by atoms with Gasteiger partial charge in [0.05, 0.1) is 6.61 Å². The second-order valence-corrected chi connectivity index (χ2v) is 14.8. The van der Waals surface area contributed by atoms with Crippen molar-refractivity contribution in [1.29, 1.82) is 0 Å². The average Bonchev–Trinajstić information content (AvgIpc) is 3.13. The zero-order valence-corrected chi connectivity index (χ0v) is 33.9. The van der Waals surface area contributed by atoms with Crippen LogP contribution in [0.15, 0.2) is 36.5 Å². The highest BCUT2D eigenvalue weighted by atomic mass is 16.6. The molecule has 0 saturated heterocycles. The fourth-order valence-corrected chi connectivity index (χ4v) is 6.33. The Balaban J connectivity index is 3.48. The molecule has 1 unspecified atom stereocenters. The van der Waals surface area contributed by atoms with Crippen LogP contribution in [-0.4, -0.2) is 36.4 Å². The Morgan fingerprint density at radius 3 is 1.18 bits per heavy atom. The van der Waals surface area contributed by atoms with Gasteiger partial charge < -0.3 is 14.6 Å². The molecule has 1 N–H and O–H groups in total. The largest absolute Gasteiger partial charge is 0.462 e. The first-order valence-electron chi connectivity index (χ1n) is 22.0. The molecule has 298 valence electrons. The molecule has 0 aromatic heterocycles. The van der Waals surface area contributed by atoms with Crippen molar-refractivity contribution in [3.05, 3.63) is 36.5 Å². The number of aliphatic hydroxyl groups excluding tert-OH is 1. The number of aliphatic hydroxyl groups is 1. The number of hydrogen-bond donors (Lipinski definition) is 1. The van der Waals surface area contributed by atoms with Crippen molar-refractivity contribution in [2.24, 2.45) is 0 Å². The van der Waals surface area contributed by atoms with Crippen LogP contribution in [0.5, 0.6) is 0 Å². The van der Waals surface area contributed by atoms with E-state index in [-0.39, 0.29) is 25.2 Å². The summed E-state index contributed by atoms with van der Waals surface area (Å²) in [4.78, 5) is 24.2. The molecule has 0 aromatic rings. The minimum absolute atomic E-state index is 0.0633. The van der Waals surface area contributed by atoms with Crippen LogP contribution in [0.25, 0.3) is 0 Å². The Bertz CT molecular complexity index is 816. The van der Waals surface area contributed by atoms with E-state index >= 15 is 0 Å². The predicted molar refractivity (Wildman–Crippen MR) is 219 cm³/mol. The molecule has 0 aliphatic carbocycles. The van der Waals surface area contributed by atoms with Gasteiger partial charge in [-0.2, -0.15) is 0 Å². The number of unbranched alkanes of at least 4 members (excludes halogenated alkanes) is 26. The molecule has 1 atom stereocenters. The third kappa shape index (κ3) is 40.7. The highest BCUT2D eigenvalue weighted by Crippen LogP contribution is 2.15. The summed E-state index contributed by atoms with van der Waals surface area (Å²) in [5.41, 5.74) is 0. The third-order valence-corrected chi connectivity index (χ3v) is 9.69. The van der Waals surface area contributed by atoms with Gasteiger partial charge in [-0.1, -0.05) is 198 Å². The van der Waals surface area contributed by atoms with Gasteiger partial charge >= 0.3 is 11.9 Å². The van der Waals surface area contributed by atoms with E-state index in [2.05, 4.69) is 50.3 Å². The lowest BCUT2D eigenvalue weighted by molar-refractivity contribution is -0.161. The Kier molecular flexibility index (Phi) is 41.0. The summed E-state index contributed by atoms with van der Waals surface area (Å²) < 4.78 is 10.6. The first kappa shape index (κ1) is 49.1. The van der Waals surface area contributed by atoms with E-state index < -0.39 is 6.10 Å². The number of carbonyl (C=O) groups excluding carboxylic acids is 2. The van der Waals surface area contributed by atoms with Crippen molar-refractivity contribution in [3.8, 4) is 0 Å². The van der Waals surface area contributed by atoms with Gasteiger partial charge in [0.15, 0.2) is 6.10 Å². The van der Waals surface area contributed by atoms with Crippen molar-refractivity contribution < 1.29 is 24.2 Å². The Morgan fingerprint density at radius 2 is 0.784 bits per heavy atom. The summed E-state index contributed by atoms with van der Waals surface area (Å²) >= 11 is 0. The van der Waals surface area contributed by atoms with Crippen LogP contribution in [-0.2, 0) is 19.1 Å². The van der Waals surface area contributed by atoms with E-state index in [4.69, 9.17) is 9.47 Å². The van der Waals surface area contributed by atoms with Gasteiger partial charge in [0.25, 0.3) is 0 Å². The average molecular weight is 717 g/mol. The van der Waals surface area contributed by atoms with E-state index in [9.17, 15) is 14.7 Å². The second-order valence-electron chi connectivity index (χ2n) is 14.8. The molecular weight excluding hydrogens is 633 g/mol. The molecule has 0 amide bonds. The molecule has 0 saturated carbocycles. The van der Waals surface area contributed by atoms with E-state index in [1.807, 2.05) is 0 Å². The van der Waals surface area contributed by atoms with E-state index in [1.165, 1.54) is 148 Å². The van der Waals surface area contributed by atoms with Gasteiger partial charge in [0.1, 0.15) is 6.61 Å². The van der Waals surface area contributed by atoms with Gasteiger partial charge in [-0.15, -0.1) is 0 Å². The molecule has 0 fully saturated rings. The molecule has 5 heteroatoms. The number of rotatable bonds is 40. The SMILES string of the molecule is CCCCCCC/C=C\C/C=C\C/C=C\CCCCCCCCCCCCCCC(=O)OC(CO)COC(=O)CCCCCCCCCCCC. The first-order chi connectivity index (χ1) is 25.1.